The molecule has 0 aromatic heterocycles. The lowest BCUT2D eigenvalue weighted by Crippen LogP contribution is -2.14. The van der Waals surface area contributed by atoms with Crippen molar-refractivity contribution in [3.63, 3.8) is 0 Å². The number of amides is 2. The second-order valence-corrected chi connectivity index (χ2v) is 12.8. The Hall–Kier alpha value is -4.92. The van der Waals surface area contributed by atoms with Crippen LogP contribution in [0.25, 0.3) is 10.8 Å². The fraction of sp³-hybridized carbons (Fsp3) is 0.100. The van der Waals surface area contributed by atoms with E-state index in [1.807, 2.05) is 72.8 Å². The molecular weight excluding hydrogens is 732 g/mol. The first-order valence-corrected chi connectivity index (χ1v) is 17.1. The van der Waals surface area contributed by atoms with Crippen molar-refractivity contribution in [3.8, 4) is 11.5 Å². The average molecular weight is 765 g/mol. The first kappa shape index (κ1) is 33.0. The molecule has 0 aliphatic heterocycles. The third kappa shape index (κ3) is 8.32. The molecule has 8 heteroatoms. The van der Waals surface area contributed by atoms with E-state index in [1.165, 1.54) is 11.1 Å². The molecule has 6 aromatic carbocycles. The summed E-state index contributed by atoms with van der Waals surface area (Å²) < 4.78 is 13.3. The Labute approximate surface area is 296 Å². The van der Waals surface area contributed by atoms with Crippen LogP contribution in [0.2, 0.25) is 0 Å². The van der Waals surface area contributed by atoms with E-state index in [1.54, 1.807) is 36.4 Å². The molecule has 0 spiro atoms. The summed E-state index contributed by atoms with van der Waals surface area (Å²) in [6, 6.07) is 42.1. The van der Waals surface area contributed by atoms with E-state index in [-0.39, 0.29) is 11.8 Å². The predicted octanol–water partition coefficient (Wildman–Crippen LogP) is 10.1. The lowest BCUT2D eigenvalue weighted by Gasteiger charge is -2.14. The molecular formula is C40H32Br2N2O4. The van der Waals surface area contributed by atoms with Gasteiger partial charge in [-0.05, 0) is 91.5 Å². The Bertz CT molecular complexity index is 1900. The van der Waals surface area contributed by atoms with Crippen LogP contribution in [0.1, 0.15) is 31.8 Å². The number of ether oxygens (including phenoxy) is 2. The SMILES string of the molecule is O=C(Nc1cccc2c(NC(=O)c3ccc(OCCc4ccccc4)c(Br)c3)cccc12)c1ccc(OCCc2ccccc2)c(Br)c1. The van der Waals surface area contributed by atoms with Crippen molar-refractivity contribution in [2.24, 2.45) is 0 Å². The highest BCUT2D eigenvalue weighted by molar-refractivity contribution is 9.11. The molecule has 240 valence electrons. The summed E-state index contributed by atoms with van der Waals surface area (Å²) in [6.07, 6.45) is 1.57. The number of fused-ring (bicyclic) bond motifs is 1. The van der Waals surface area contributed by atoms with E-state index in [9.17, 15) is 9.59 Å². The molecule has 6 nitrogen and oxygen atoms in total. The highest BCUT2D eigenvalue weighted by atomic mass is 79.9. The van der Waals surface area contributed by atoms with Crippen molar-refractivity contribution >= 4 is 65.8 Å². The van der Waals surface area contributed by atoms with E-state index in [0.717, 1.165) is 23.6 Å². The molecule has 0 unspecified atom stereocenters. The van der Waals surface area contributed by atoms with Gasteiger partial charge in [-0.25, -0.2) is 0 Å². The second-order valence-electron chi connectivity index (χ2n) is 11.1. The molecule has 0 fully saturated rings. The lowest BCUT2D eigenvalue weighted by atomic mass is 10.1. The zero-order valence-electron chi connectivity index (χ0n) is 25.9. The predicted molar refractivity (Wildman–Crippen MR) is 199 cm³/mol. The molecule has 0 saturated heterocycles. The molecule has 0 radical (unpaired) electrons. The van der Waals surface area contributed by atoms with Crippen molar-refractivity contribution in [1.82, 2.24) is 0 Å². The van der Waals surface area contributed by atoms with Gasteiger partial charge < -0.3 is 20.1 Å². The van der Waals surface area contributed by atoms with Crippen molar-refractivity contribution < 1.29 is 19.1 Å². The maximum atomic E-state index is 13.3. The van der Waals surface area contributed by atoms with E-state index in [4.69, 9.17) is 9.47 Å². The summed E-state index contributed by atoms with van der Waals surface area (Å²) in [5.41, 5.74) is 4.63. The highest BCUT2D eigenvalue weighted by Crippen LogP contribution is 2.32. The van der Waals surface area contributed by atoms with Gasteiger partial charge in [0.15, 0.2) is 0 Å². The minimum absolute atomic E-state index is 0.260. The monoisotopic (exact) mass is 762 g/mol. The van der Waals surface area contributed by atoms with Crippen LogP contribution in [0.5, 0.6) is 11.5 Å². The quantitative estimate of drug-likeness (QED) is 0.130. The minimum Gasteiger partial charge on any atom is -0.492 e. The summed E-state index contributed by atoms with van der Waals surface area (Å²) in [4.78, 5) is 26.6. The van der Waals surface area contributed by atoms with Crippen LogP contribution in [-0.2, 0) is 12.8 Å². The summed E-state index contributed by atoms with van der Waals surface area (Å²) in [7, 11) is 0. The molecule has 0 heterocycles. The average Bonchev–Trinajstić information content (AvgIpc) is 3.11. The van der Waals surface area contributed by atoms with Crippen LogP contribution in [0, 0.1) is 0 Å². The Kier molecular flexibility index (Phi) is 10.8. The number of halogens is 2. The summed E-state index contributed by atoms with van der Waals surface area (Å²) >= 11 is 7.10. The first-order chi connectivity index (χ1) is 23.4. The zero-order chi connectivity index (χ0) is 33.3. The number of rotatable bonds is 12. The Morgan fingerprint density at radius 3 is 1.31 bits per heavy atom. The first-order valence-electron chi connectivity index (χ1n) is 15.5. The fourth-order valence-electron chi connectivity index (χ4n) is 5.28. The van der Waals surface area contributed by atoms with Crippen molar-refractivity contribution in [2.45, 2.75) is 12.8 Å². The standard InChI is InChI=1S/C40H32Br2N2O4/c41-33-25-29(17-19-37(33)47-23-21-27-9-3-1-4-10-27)39(45)43-35-15-7-14-32-31(35)13-8-16-36(32)44-40(46)30-18-20-38(34(42)26-30)48-24-22-28-11-5-2-6-12-28/h1-20,25-26H,21-24H2,(H,43,45)(H,44,46). The molecule has 0 saturated carbocycles. The van der Waals surface area contributed by atoms with Crippen molar-refractivity contribution in [2.75, 3.05) is 23.8 Å². The number of anilines is 2. The van der Waals surface area contributed by atoms with Gasteiger partial charge in [-0.1, -0.05) is 84.9 Å². The van der Waals surface area contributed by atoms with Crippen molar-refractivity contribution in [3.05, 3.63) is 165 Å². The van der Waals surface area contributed by atoms with Gasteiger partial charge in [0, 0.05) is 46.1 Å². The van der Waals surface area contributed by atoms with Gasteiger partial charge in [0.2, 0.25) is 0 Å². The van der Waals surface area contributed by atoms with Crippen LogP contribution >= 0.6 is 31.9 Å². The zero-order valence-corrected chi connectivity index (χ0v) is 29.1. The van der Waals surface area contributed by atoms with E-state index >= 15 is 0 Å². The molecule has 2 amide bonds. The Morgan fingerprint density at radius 2 is 0.917 bits per heavy atom. The van der Waals surface area contributed by atoms with Gasteiger partial charge in [-0.15, -0.1) is 0 Å². The molecule has 0 atom stereocenters. The topological polar surface area (TPSA) is 76.7 Å². The van der Waals surface area contributed by atoms with Gasteiger partial charge in [0.25, 0.3) is 11.8 Å². The third-order valence-electron chi connectivity index (χ3n) is 7.79. The Balaban J connectivity index is 1.09. The van der Waals surface area contributed by atoms with Gasteiger partial charge in [0.1, 0.15) is 11.5 Å². The molecule has 0 aliphatic carbocycles. The molecule has 0 aliphatic rings. The molecule has 0 bridgehead atoms. The molecule has 6 rings (SSSR count). The van der Waals surface area contributed by atoms with E-state index in [2.05, 4.69) is 66.8 Å². The molecule has 2 N–H and O–H groups in total. The Morgan fingerprint density at radius 1 is 0.500 bits per heavy atom. The minimum atomic E-state index is -0.260. The van der Waals surface area contributed by atoms with Gasteiger partial charge in [-0.3, -0.25) is 9.59 Å². The van der Waals surface area contributed by atoms with Crippen LogP contribution in [-0.4, -0.2) is 25.0 Å². The summed E-state index contributed by atoms with van der Waals surface area (Å²) in [6.45, 7) is 1.05. The smallest absolute Gasteiger partial charge is 0.255 e. The highest BCUT2D eigenvalue weighted by Gasteiger charge is 2.15. The number of hydrogen-bond donors (Lipinski definition) is 2. The molecule has 48 heavy (non-hydrogen) atoms. The number of benzene rings is 6. The van der Waals surface area contributed by atoms with Crippen LogP contribution in [0.15, 0.2) is 142 Å². The maximum absolute atomic E-state index is 13.3. The van der Waals surface area contributed by atoms with Crippen LogP contribution < -0.4 is 20.1 Å². The van der Waals surface area contributed by atoms with Gasteiger partial charge in [0.05, 0.1) is 22.2 Å². The number of carbonyl (C=O) groups excluding carboxylic acids is 2. The summed E-state index contributed by atoms with van der Waals surface area (Å²) in [5, 5.41) is 7.66. The largest absolute Gasteiger partial charge is 0.492 e. The number of nitrogens with one attached hydrogen (secondary N) is 2. The van der Waals surface area contributed by atoms with Crippen LogP contribution in [0.4, 0.5) is 11.4 Å². The fourth-order valence-corrected chi connectivity index (χ4v) is 6.27. The third-order valence-corrected chi connectivity index (χ3v) is 9.03. The van der Waals surface area contributed by atoms with Crippen LogP contribution in [0.3, 0.4) is 0 Å². The second kappa shape index (κ2) is 15.8. The van der Waals surface area contributed by atoms with E-state index < -0.39 is 0 Å². The number of hydrogen-bond acceptors (Lipinski definition) is 4. The molecule has 6 aromatic rings. The van der Waals surface area contributed by atoms with Gasteiger partial charge in [-0.2, -0.15) is 0 Å². The van der Waals surface area contributed by atoms with E-state index in [0.29, 0.717) is 56.2 Å². The van der Waals surface area contributed by atoms with Gasteiger partial charge >= 0.3 is 0 Å². The summed E-state index contributed by atoms with van der Waals surface area (Å²) in [5.74, 6) is 0.823. The maximum Gasteiger partial charge on any atom is 0.255 e. The number of carbonyl (C=O) groups is 2. The normalized spacial score (nSPS) is 10.8. The van der Waals surface area contributed by atoms with Crippen molar-refractivity contribution in [1.29, 1.82) is 0 Å². The lowest BCUT2D eigenvalue weighted by molar-refractivity contribution is 0.101.